The number of anilines is 1. The van der Waals surface area contributed by atoms with Crippen molar-refractivity contribution < 1.29 is 14.3 Å². The minimum Gasteiger partial charge on any atom is -0.481 e. The summed E-state index contributed by atoms with van der Waals surface area (Å²) in [7, 11) is 0. The van der Waals surface area contributed by atoms with E-state index in [0.29, 0.717) is 25.9 Å². The number of carboxylic acid groups (broad SMARTS) is 1. The highest BCUT2D eigenvalue weighted by Gasteiger charge is 2.29. The van der Waals surface area contributed by atoms with Gasteiger partial charge in [0.1, 0.15) is 10.8 Å². The molecule has 0 radical (unpaired) electrons. The van der Waals surface area contributed by atoms with E-state index < -0.39 is 5.97 Å². The highest BCUT2D eigenvalue weighted by molar-refractivity contribution is 7.15. The molecule has 1 N–H and O–H groups in total. The summed E-state index contributed by atoms with van der Waals surface area (Å²) in [4.78, 5) is 12.9. The molecule has 0 aliphatic carbocycles. The van der Waals surface area contributed by atoms with Crippen LogP contribution in [0.3, 0.4) is 0 Å². The van der Waals surface area contributed by atoms with E-state index in [9.17, 15) is 9.18 Å². The highest BCUT2D eigenvalue weighted by Crippen LogP contribution is 2.27. The van der Waals surface area contributed by atoms with E-state index in [1.807, 2.05) is 4.90 Å². The van der Waals surface area contributed by atoms with Gasteiger partial charge < -0.3 is 10.0 Å². The molecule has 1 aliphatic heterocycles. The molecule has 2 heterocycles. The number of hydrogen-bond acceptors (Lipinski definition) is 5. The number of carbonyl (C=O) groups is 1. The van der Waals surface area contributed by atoms with E-state index in [2.05, 4.69) is 10.2 Å². The lowest BCUT2D eigenvalue weighted by Crippen LogP contribution is -2.22. The van der Waals surface area contributed by atoms with Gasteiger partial charge in [-0.25, -0.2) is 4.39 Å². The molecule has 5 nitrogen and oxygen atoms in total. The molecule has 1 unspecified atom stereocenters. The molecule has 2 aromatic rings. The van der Waals surface area contributed by atoms with Crippen molar-refractivity contribution in [3.8, 4) is 0 Å². The molecule has 1 atom stereocenters. The summed E-state index contributed by atoms with van der Waals surface area (Å²) in [5.74, 6) is -1.34. The van der Waals surface area contributed by atoms with Crippen LogP contribution in [0.2, 0.25) is 0 Å². The molecule has 1 aliphatic rings. The number of halogens is 1. The second-order valence-corrected chi connectivity index (χ2v) is 6.09. The lowest BCUT2D eigenvalue weighted by atomic mass is 10.1. The van der Waals surface area contributed by atoms with Crippen molar-refractivity contribution >= 4 is 22.4 Å². The van der Waals surface area contributed by atoms with Crippen LogP contribution in [0.5, 0.6) is 0 Å². The monoisotopic (exact) mass is 307 g/mol. The van der Waals surface area contributed by atoms with Crippen LogP contribution in [0.4, 0.5) is 9.52 Å². The second kappa shape index (κ2) is 5.77. The fourth-order valence-corrected chi connectivity index (χ4v) is 3.26. The van der Waals surface area contributed by atoms with E-state index in [0.717, 1.165) is 15.7 Å². The van der Waals surface area contributed by atoms with Gasteiger partial charge in [0.15, 0.2) is 0 Å². The maximum absolute atomic E-state index is 12.9. The number of carboxylic acids is 1. The smallest absolute Gasteiger partial charge is 0.308 e. The first-order valence-electron chi connectivity index (χ1n) is 6.66. The Morgan fingerprint density at radius 3 is 2.81 bits per heavy atom. The molecule has 7 heteroatoms. The Bertz CT molecular complexity index is 644. The van der Waals surface area contributed by atoms with Gasteiger partial charge in [0.25, 0.3) is 0 Å². The van der Waals surface area contributed by atoms with Crippen LogP contribution in [0.25, 0.3) is 0 Å². The predicted molar refractivity (Wildman–Crippen MR) is 77.1 cm³/mol. The van der Waals surface area contributed by atoms with Gasteiger partial charge in [-0.2, -0.15) is 0 Å². The minimum absolute atomic E-state index is 0.256. The number of aromatic nitrogens is 2. The lowest BCUT2D eigenvalue weighted by Gasteiger charge is -2.12. The molecule has 0 saturated carbocycles. The van der Waals surface area contributed by atoms with Gasteiger partial charge >= 0.3 is 5.97 Å². The third-order valence-electron chi connectivity index (χ3n) is 3.53. The van der Waals surface area contributed by atoms with Crippen molar-refractivity contribution in [2.75, 3.05) is 18.0 Å². The van der Waals surface area contributed by atoms with Crippen molar-refractivity contribution in [2.24, 2.45) is 5.92 Å². The fraction of sp³-hybridized carbons (Fsp3) is 0.357. The zero-order valence-electron chi connectivity index (χ0n) is 11.2. The Morgan fingerprint density at radius 2 is 2.14 bits per heavy atom. The zero-order chi connectivity index (χ0) is 14.8. The average molecular weight is 307 g/mol. The number of hydrogen-bond donors (Lipinski definition) is 1. The zero-order valence-corrected chi connectivity index (χ0v) is 12.0. The van der Waals surface area contributed by atoms with Crippen LogP contribution >= 0.6 is 11.3 Å². The van der Waals surface area contributed by atoms with Gasteiger partial charge in [-0.3, -0.25) is 4.79 Å². The van der Waals surface area contributed by atoms with Crippen molar-refractivity contribution in [2.45, 2.75) is 12.8 Å². The van der Waals surface area contributed by atoms with Gasteiger partial charge in [-0.15, -0.1) is 10.2 Å². The molecular weight excluding hydrogens is 293 g/mol. The molecule has 1 aromatic carbocycles. The standard InChI is InChI=1S/C14H14FN3O2S/c15-11-3-1-9(2-4-11)7-12-16-17-14(21-12)18-6-5-10(8-18)13(19)20/h1-4,10H,5-8H2,(H,19,20). The van der Waals surface area contributed by atoms with Gasteiger partial charge in [0.05, 0.1) is 5.92 Å². The van der Waals surface area contributed by atoms with Crippen molar-refractivity contribution in [3.63, 3.8) is 0 Å². The molecule has 110 valence electrons. The van der Waals surface area contributed by atoms with E-state index in [1.165, 1.54) is 23.5 Å². The van der Waals surface area contributed by atoms with E-state index in [1.54, 1.807) is 12.1 Å². The summed E-state index contributed by atoms with van der Waals surface area (Å²) < 4.78 is 12.9. The number of aliphatic carboxylic acids is 1. The summed E-state index contributed by atoms with van der Waals surface area (Å²) in [6.45, 7) is 1.18. The Morgan fingerprint density at radius 1 is 1.38 bits per heavy atom. The average Bonchev–Trinajstić information content (AvgIpc) is 3.10. The van der Waals surface area contributed by atoms with E-state index >= 15 is 0 Å². The molecule has 0 amide bonds. The van der Waals surface area contributed by atoms with Crippen LogP contribution in [-0.4, -0.2) is 34.4 Å². The van der Waals surface area contributed by atoms with Crippen LogP contribution in [0, 0.1) is 11.7 Å². The van der Waals surface area contributed by atoms with Gasteiger partial charge in [-0.1, -0.05) is 23.5 Å². The van der Waals surface area contributed by atoms with Crippen molar-refractivity contribution in [1.82, 2.24) is 10.2 Å². The molecule has 0 spiro atoms. The predicted octanol–water partition coefficient (Wildman–Crippen LogP) is 2.18. The molecule has 3 rings (SSSR count). The van der Waals surface area contributed by atoms with E-state index in [-0.39, 0.29) is 11.7 Å². The summed E-state index contributed by atoms with van der Waals surface area (Å²) in [6, 6.07) is 6.31. The van der Waals surface area contributed by atoms with Crippen LogP contribution in [0.15, 0.2) is 24.3 Å². The first-order chi connectivity index (χ1) is 10.1. The molecule has 1 aromatic heterocycles. The van der Waals surface area contributed by atoms with E-state index in [4.69, 9.17) is 5.11 Å². The summed E-state index contributed by atoms with van der Waals surface area (Å²) in [5, 5.41) is 18.9. The van der Waals surface area contributed by atoms with Crippen LogP contribution in [-0.2, 0) is 11.2 Å². The summed E-state index contributed by atoms with van der Waals surface area (Å²) >= 11 is 1.46. The minimum atomic E-state index is -0.756. The second-order valence-electron chi connectivity index (χ2n) is 5.05. The largest absolute Gasteiger partial charge is 0.481 e. The number of rotatable bonds is 4. The normalized spacial score (nSPS) is 18.1. The summed E-state index contributed by atoms with van der Waals surface area (Å²) in [6.07, 6.45) is 1.25. The number of nitrogens with zero attached hydrogens (tertiary/aromatic N) is 3. The quantitative estimate of drug-likeness (QED) is 0.938. The third kappa shape index (κ3) is 3.18. The number of benzene rings is 1. The van der Waals surface area contributed by atoms with Crippen LogP contribution < -0.4 is 4.90 Å². The SMILES string of the molecule is O=C(O)C1CCN(c2nnc(Cc3ccc(F)cc3)s2)C1. The Kier molecular flexibility index (Phi) is 3.83. The van der Waals surface area contributed by atoms with Gasteiger partial charge in [-0.05, 0) is 24.1 Å². The molecule has 0 bridgehead atoms. The van der Waals surface area contributed by atoms with Gasteiger partial charge in [0.2, 0.25) is 5.13 Å². The molecule has 21 heavy (non-hydrogen) atoms. The lowest BCUT2D eigenvalue weighted by molar-refractivity contribution is -0.140. The Balaban J connectivity index is 1.66. The highest BCUT2D eigenvalue weighted by atomic mass is 32.1. The fourth-order valence-electron chi connectivity index (χ4n) is 2.36. The Labute approximate surface area is 125 Å². The molecular formula is C14H14FN3O2S. The molecule has 1 saturated heterocycles. The Hall–Kier alpha value is -2.02. The summed E-state index contributed by atoms with van der Waals surface area (Å²) in [5.41, 5.74) is 0.976. The first kappa shape index (κ1) is 13.9. The third-order valence-corrected chi connectivity index (χ3v) is 4.52. The van der Waals surface area contributed by atoms with Crippen molar-refractivity contribution in [1.29, 1.82) is 0 Å². The van der Waals surface area contributed by atoms with Crippen LogP contribution in [0.1, 0.15) is 17.0 Å². The molecule has 1 fully saturated rings. The maximum atomic E-state index is 12.9. The van der Waals surface area contributed by atoms with Crippen molar-refractivity contribution in [3.05, 3.63) is 40.7 Å². The maximum Gasteiger partial charge on any atom is 0.308 e. The topological polar surface area (TPSA) is 66.3 Å². The first-order valence-corrected chi connectivity index (χ1v) is 7.48. The van der Waals surface area contributed by atoms with Gasteiger partial charge in [0, 0.05) is 19.5 Å².